The average molecular weight is 385 g/mol. The Kier molecular flexibility index (Phi) is 7.10. The molecule has 0 saturated heterocycles. The third-order valence-electron chi connectivity index (χ3n) is 2.69. The number of hydrogen-bond donors (Lipinski definition) is 1. The molecule has 0 radical (unpaired) electrons. The number of thiophene rings is 1. The molecule has 8 heteroatoms. The summed E-state index contributed by atoms with van der Waals surface area (Å²) in [6.45, 7) is 5.48. The zero-order chi connectivity index (χ0) is 15.3. The molecule has 0 bridgehead atoms. The topological polar surface area (TPSA) is 58.6 Å². The summed E-state index contributed by atoms with van der Waals surface area (Å²) in [4.78, 5) is 1.31. The zero-order valence-corrected chi connectivity index (χ0v) is 15.4. The molecule has 1 aromatic rings. The van der Waals surface area contributed by atoms with E-state index in [0.29, 0.717) is 34.4 Å². The fourth-order valence-corrected chi connectivity index (χ4v) is 5.21. The lowest BCUT2D eigenvalue weighted by Gasteiger charge is -2.15. The summed E-state index contributed by atoms with van der Waals surface area (Å²) in [6, 6.07) is 2.09. The second-order valence-electron chi connectivity index (χ2n) is 4.71. The third-order valence-corrected chi connectivity index (χ3v) is 6.80. The van der Waals surface area contributed by atoms with E-state index in [1.807, 2.05) is 0 Å². The number of nitrogens with zero attached hydrogens (tertiary/aromatic N) is 1. The van der Waals surface area contributed by atoms with Gasteiger partial charge < -0.3 is 10.1 Å². The van der Waals surface area contributed by atoms with Crippen molar-refractivity contribution in [3.8, 4) is 0 Å². The minimum absolute atomic E-state index is 0.321. The Morgan fingerprint density at radius 1 is 1.50 bits per heavy atom. The zero-order valence-electron chi connectivity index (χ0n) is 12.1. The number of ether oxygens (including phenoxy) is 1. The van der Waals surface area contributed by atoms with Gasteiger partial charge in [-0.25, -0.2) is 8.42 Å². The second-order valence-corrected chi connectivity index (χ2v) is 9.17. The lowest BCUT2D eigenvalue weighted by atomic mass is 10.4. The number of halogens is 1. The predicted molar refractivity (Wildman–Crippen MR) is 85.7 cm³/mol. The van der Waals surface area contributed by atoms with Gasteiger partial charge in [0.15, 0.2) is 0 Å². The molecule has 0 saturated carbocycles. The minimum atomic E-state index is -3.47. The maximum atomic E-state index is 12.4. The van der Waals surface area contributed by atoms with E-state index in [9.17, 15) is 8.42 Å². The molecule has 0 amide bonds. The van der Waals surface area contributed by atoms with Crippen LogP contribution in [0.3, 0.4) is 0 Å². The van der Waals surface area contributed by atoms with Crippen LogP contribution in [0.1, 0.15) is 18.7 Å². The van der Waals surface area contributed by atoms with Crippen LogP contribution in [-0.2, 0) is 21.3 Å². The number of rotatable bonds is 8. The molecule has 1 N–H and O–H groups in total. The van der Waals surface area contributed by atoms with Crippen molar-refractivity contribution in [2.45, 2.75) is 31.3 Å². The van der Waals surface area contributed by atoms with Gasteiger partial charge in [0, 0.05) is 38.2 Å². The Morgan fingerprint density at radius 2 is 2.15 bits per heavy atom. The molecule has 20 heavy (non-hydrogen) atoms. The van der Waals surface area contributed by atoms with Gasteiger partial charge in [-0.1, -0.05) is 13.8 Å². The Labute approximate surface area is 133 Å². The van der Waals surface area contributed by atoms with Crippen molar-refractivity contribution in [3.05, 3.63) is 14.7 Å². The van der Waals surface area contributed by atoms with Crippen LogP contribution in [-0.4, -0.2) is 46.1 Å². The van der Waals surface area contributed by atoms with Crippen LogP contribution < -0.4 is 5.32 Å². The van der Waals surface area contributed by atoms with Crippen molar-refractivity contribution in [3.63, 3.8) is 0 Å². The van der Waals surface area contributed by atoms with E-state index in [4.69, 9.17) is 4.74 Å². The number of nitrogens with one attached hydrogen (secondary N) is 1. The lowest BCUT2D eigenvalue weighted by molar-refractivity contribution is 0.185. The van der Waals surface area contributed by atoms with Gasteiger partial charge in [0.2, 0.25) is 10.0 Å². The van der Waals surface area contributed by atoms with Gasteiger partial charge in [-0.05, 0) is 22.0 Å². The van der Waals surface area contributed by atoms with Crippen molar-refractivity contribution in [1.82, 2.24) is 9.62 Å². The standard InChI is InChI=1S/C12H21BrN2O3S2/c1-9(2)14-8-10-7-11(12(13)19-10)20(16,17)15(3)5-6-18-4/h7,9,14H,5-6,8H2,1-4H3. The molecule has 0 spiro atoms. The molecule has 1 rings (SSSR count). The number of likely N-dealkylation sites (N-methyl/N-ethyl adjacent to an activating group) is 1. The van der Waals surface area contributed by atoms with Crippen molar-refractivity contribution < 1.29 is 13.2 Å². The molecule has 5 nitrogen and oxygen atoms in total. The van der Waals surface area contributed by atoms with Gasteiger partial charge in [-0.3, -0.25) is 0 Å². The third kappa shape index (κ3) is 4.78. The van der Waals surface area contributed by atoms with Gasteiger partial charge in [0.05, 0.1) is 10.4 Å². The van der Waals surface area contributed by atoms with Crippen molar-refractivity contribution in [2.75, 3.05) is 27.3 Å². The molecule has 0 unspecified atom stereocenters. The smallest absolute Gasteiger partial charge is 0.244 e. The van der Waals surface area contributed by atoms with Crippen molar-refractivity contribution >= 4 is 37.3 Å². The number of hydrogen-bond acceptors (Lipinski definition) is 5. The SMILES string of the molecule is COCCN(C)S(=O)(=O)c1cc(CNC(C)C)sc1Br. The summed E-state index contributed by atoms with van der Waals surface area (Å²) < 4.78 is 31.7. The van der Waals surface area contributed by atoms with Crippen molar-refractivity contribution in [2.24, 2.45) is 0 Å². The molecule has 1 aromatic heterocycles. The van der Waals surface area contributed by atoms with Gasteiger partial charge in [-0.2, -0.15) is 4.31 Å². The molecule has 0 aromatic carbocycles. The van der Waals surface area contributed by atoms with E-state index in [1.165, 1.54) is 15.6 Å². The van der Waals surface area contributed by atoms with Gasteiger partial charge in [0.25, 0.3) is 0 Å². The molecule has 0 aliphatic heterocycles. The molecular weight excluding hydrogens is 364 g/mol. The fraction of sp³-hybridized carbons (Fsp3) is 0.667. The molecule has 1 heterocycles. The maximum Gasteiger partial charge on any atom is 0.244 e. The van der Waals surface area contributed by atoms with E-state index >= 15 is 0 Å². The average Bonchev–Trinajstić information content (AvgIpc) is 2.75. The fourth-order valence-electron chi connectivity index (χ4n) is 1.47. The summed E-state index contributed by atoms with van der Waals surface area (Å²) >= 11 is 4.79. The van der Waals surface area contributed by atoms with Crippen molar-refractivity contribution in [1.29, 1.82) is 0 Å². The Balaban J connectivity index is 2.89. The van der Waals surface area contributed by atoms with Crippen LogP contribution >= 0.6 is 27.3 Å². The highest BCUT2D eigenvalue weighted by molar-refractivity contribution is 9.11. The highest BCUT2D eigenvalue weighted by Crippen LogP contribution is 2.33. The number of sulfonamides is 1. The molecular formula is C12H21BrN2O3S2. The first-order valence-corrected chi connectivity index (χ1v) is 9.31. The summed E-state index contributed by atoms with van der Waals surface area (Å²) in [6.07, 6.45) is 0. The Hall–Kier alpha value is 0.01000. The summed E-state index contributed by atoms with van der Waals surface area (Å²) in [5.41, 5.74) is 0. The Bertz CT molecular complexity index is 529. The first-order chi connectivity index (χ1) is 9.28. The van der Waals surface area contributed by atoms with E-state index in [1.54, 1.807) is 20.2 Å². The molecule has 0 aliphatic carbocycles. The molecule has 116 valence electrons. The highest BCUT2D eigenvalue weighted by Gasteiger charge is 2.25. The van der Waals surface area contributed by atoms with Crippen LogP contribution in [0.2, 0.25) is 0 Å². The van der Waals surface area contributed by atoms with E-state index in [2.05, 4.69) is 35.1 Å². The largest absolute Gasteiger partial charge is 0.383 e. The van der Waals surface area contributed by atoms with E-state index in [0.717, 1.165) is 4.88 Å². The number of methoxy groups -OCH3 is 1. The van der Waals surface area contributed by atoms with Gasteiger partial charge in [0.1, 0.15) is 4.90 Å². The minimum Gasteiger partial charge on any atom is -0.383 e. The van der Waals surface area contributed by atoms with Crippen LogP contribution in [0, 0.1) is 0 Å². The van der Waals surface area contributed by atoms with Gasteiger partial charge >= 0.3 is 0 Å². The predicted octanol–water partition coefficient (Wildman–Crippen LogP) is 2.28. The summed E-state index contributed by atoms with van der Waals surface area (Å²) in [5, 5.41) is 3.28. The first-order valence-electron chi connectivity index (χ1n) is 6.26. The molecule has 0 fully saturated rings. The summed E-state index contributed by atoms with van der Waals surface area (Å²) in [5.74, 6) is 0. The lowest BCUT2D eigenvalue weighted by Crippen LogP contribution is -2.30. The van der Waals surface area contributed by atoms with Crippen LogP contribution in [0.15, 0.2) is 14.7 Å². The summed E-state index contributed by atoms with van der Waals surface area (Å²) in [7, 11) is -0.358. The molecule has 0 atom stereocenters. The van der Waals surface area contributed by atoms with E-state index in [-0.39, 0.29) is 0 Å². The normalized spacial score (nSPS) is 12.6. The van der Waals surface area contributed by atoms with E-state index < -0.39 is 10.0 Å². The quantitative estimate of drug-likeness (QED) is 0.746. The Morgan fingerprint density at radius 3 is 2.70 bits per heavy atom. The highest BCUT2D eigenvalue weighted by atomic mass is 79.9. The van der Waals surface area contributed by atoms with Crippen LogP contribution in [0.4, 0.5) is 0 Å². The first kappa shape index (κ1) is 18.1. The van der Waals surface area contributed by atoms with Crippen LogP contribution in [0.25, 0.3) is 0 Å². The van der Waals surface area contributed by atoms with Crippen LogP contribution in [0.5, 0.6) is 0 Å². The molecule has 0 aliphatic rings. The maximum absolute atomic E-state index is 12.4. The van der Waals surface area contributed by atoms with Gasteiger partial charge in [-0.15, -0.1) is 11.3 Å². The second kappa shape index (κ2) is 7.86. The monoisotopic (exact) mass is 384 g/mol.